The van der Waals surface area contributed by atoms with Gasteiger partial charge in [-0.3, -0.25) is 0 Å². The summed E-state index contributed by atoms with van der Waals surface area (Å²) in [6.45, 7) is 5.27. The van der Waals surface area contributed by atoms with Crippen LogP contribution in [0.25, 0.3) is 10.8 Å². The molecule has 21 heavy (non-hydrogen) atoms. The minimum Gasteiger partial charge on any atom is -0.378 e. The largest absolute Gasteiger partial charge is 0.378 e. The molecule has 2 heteroatoms. The number of rotatable bonds is 5. The Kier molecular flexibility index (Phi) is 4.69. The molecule has 3 rings (SSSR count). The van der Waals surface area contributed by atoms with E-state index in [0.717, 1.165) is 32.5 Å². The third-order valence-electron chi connectivity index (χ3n) is 4.08. The van der Waals surface area contributed by atoms with Gasteiger partial charge in [-0.2, -0.15) is 0 Å². The van der Waals surface area contributed by atoms with Crippen molar-refractivity contribution >= 4 is 10.8 Å². The fourth-order valence-corrected chi connectivity index (χ4v) is 2.98. The van der Waals surface area contributed by atoms with Crippen LogP contribution in [0, 0.1) is 0 Å². The zero-order valence-corrected chi connectivity index (χ0v) is 12.3. The normalized spacial score (nSPS) is 22.3. The van der Waals surface area contributed by atoms with Gasteiger partial charge in [0.25, 0.3) is 0 Å². The van der Waals surface area contributed by atoms with Crippen molar-refractivity contribution in [1.29, 1.82) is 0 Å². The third-order valence-corrected chi connectivity index (χ3v) is 4.08. The lowest BCUT2D eigenvalue weighted by atomic mass is 9.94. The van der Waals surface area contributed by atoms with Gasteiger partial charge in [0.2, 0.25) is 0 Å². The maximum absolute atomic E-state index is 6.01. The molecule has 1 heterocycles. The summed E-state index contributed by atoms with van der Waals surface area (Å²) in [5.41, 5.74) is 1.28. The second kappa shape index (κ2) is 6.88. The predicted molar refractivity (Wildman–Crippen MR) is 86.4 cm³/mol. The average molecular weight is 282 g/mol. The standard InChI is InChI=1S/C19H22O2/c1-2-3-12-20-16-11-13-21-19(14-16)18-10-6-8-15-7-4-5-9-17(15)18/h2,4-10,16,19H,1,3,11-14H2. The first kappa shape index (κ1) is 14.3. The molecular formula is C19H22O2. The molecule has 0 spiro atoms. The molecule has 2 aromatic carbocycles. The molecular weight excluding hydrogens is 260 g/mol. The molecule has 0 N–H and O–H groups in total. The lowest BCUT2D eigenvalue weighted by molar-refractivity contribution is -0.0725. The Labute approximate surface area is 126 Å². The highest BCUT2D eigenvalue weighted by atomic mass is 16.5. The summed E-state index contributed by atoms with van der Waals surface area (Å²) in [6.07, 6.45) is 5.17. The Balaban J connectivity index is 1.77. The zero-order chi connectivity index (χ0) is 14.5. The Morgan fingerprint density at radius 1 is 1.19 bits per heavy atom. The predicted octanol–water partition coefficient (Wildman–Crippen LogP) is 4.65. The zero-order valence-electron chi connectivity index (χ0n) is 12.3. The topological polar surface area (TPSA) is 18.5 Å². The van der Waals surface area contributed by atoms with Gasteiger partial charge in [-0.15, -0.1) is 6.58 Å². The molecule has 0 amide bonds. The first-order valence-electron chi connectivity index (χ1n) is 7.70. The van der Waals surface area contributed by atoms with Crippen molar-refractivity contribution in [2.45, 2.75) is 31.5 Å². The maximum atomic E-state index is 6.01. The van der Waals surface area contributed by atoms with E-state index in [1.807, 2.05) is 6.08 Å². The van der Waals surface area contributed by atoms with Crippen molar-refractivity contribution in [3.63, 3.8) is 0 Å². The van der Waals surface area contributed by atoms with E-state index in [2.05, 4.69) is 49.0 Å². The minimum absolute atomic E-state index is 0.138. The molecule has 2 aromatic rings. The molecule has 1 saturated heterocycles. The Morgan fingerprint density at radius 2 is 2.05 bits per heavy atom. The Bertz CT molecular complexity index is 600. The van der Waals surface area contributed by atoms with Gasteiger partial charge >= 0.3 is 0 Å². The van der Waals surface area contributed by atoms with Crippen LogP contribution in [0.15, 0.2) is 55.1 Å². The van der Waals surface area contributed by atoms with E-state index >= 15 is 0 Å². The van der Waals surface area contributed by atoms with Gasteiger partial charge < -0.3 is 9.47 Å². The molecule has 0 radical (unpaired) electrons. The highest BCUT2D eigenvalue weighted by molar-refractivity contribution is 5.86. The van der Waals surface area contributed by atoms with Crippen LogP contribution in [0.5, 0.6) is 0 Å². The third kappa shape index (κ3) is 3.34. The summed E-state index contributed by atoms with van der Waals surface area (Å²) in [7, 11) is 0. The molecule has 1 aliphatic rings. The van der Waals surface area contributed by atoms with Crippen LogP contribution in [-0.2, 0) is 9.47 Å². The van der Waals surface area contributed by atoms with Crippen LogP contribution in [-0.4, -0.2) is 19.3 Å². The van der Waals surface area contributed by atoms with Crippen molar-refractivity contribution < 1.29 is 9.47 Å². The number of ether oxygens (including phenoxy) is 2. The summed E-state index contributed by atoms with van der Waals surface area (Å²) < 4.78 is 11.9. The van der Waals surface area contributed by atoms with Gasteiger partial charge in [0.05, 0.1) is 18.8 Å². The minimum atomic E-state index is 0.138. The number of fused-ring (bicyclic) bond motifs is 1. The van der Waals surface area contributed by atoms with Crippen LogP contribution >= 0.6 is 0 Å². The van der Waals surface area contributed by atoms with E-state index < -0.39 is 0 Å². The van der Waals surface area contributed by atoms with E-state index in [1.165, 1.54) is 16.3 Å². The molecule has 1 fully saturated rings. The molecule has 0 aliphatic carbocycles. The van der Waals surface area contributed by atoms with Gasteiger partial charge in [0.15, 0.2) is 0 Å². The Hall–Kier alpha value is -1.64. The molecule has 0 aromatic heterocycles. The van der Waals surface area contributed by atoms with E-state index in [0.29, 0.717) is 6.10 Å². The second-order valence-electron chi connectivity index (χ2n) is 5.52. The van der Waals surface area contributed by atoms with Crippen LogP contribution in [0.4, 0.5) is 0 Å². The van der Waals surface area contributed by atoms with Crippen molar-refractivity contribution in [2.24, 2.45) is 0 Å². The lowest BCUT2D eigenvalue weighted by Gasteiger charge is -2.30. The van der Waals surface area contributed by atoms with Gasteiger partial charge in [0.1, 0.15) is 0 Å². The lowest BCUT2D eigenvalue weighted by Crippen LogP contribution is -2.26. The van der Waals surface area contributed by atoms with Crippen LogP contribution < -0.4 is 0 Å². The molecule has 0 saturated carbocycles. The van der Waals surface area contributed by atoms with Crippen molar-refractivity contribution in [2.75, 3.05) is 13.2 Å². The van der Waals surface area contributed by atoms with Crippen LogP contribution in [0.2, 0.25) is 0 Å². The summed E-state index contributed by atoms with van der Waals surface area (Å²) in [6, 6.07) is 14.9. The van der Waals surface area contributed by atoms with E-state index in [-0.39, 0.29) is 6.10 Å². The average Bonchev–Trinajstić information content (AvgIpc) is 2.55. The number of hydrogen-bond donors (Lipinski definition) is 0. The summed E-state index contributed by atoms with van der Waals surface area (Å²) in [5.74, 6) is 0. The van der Waals surface area contributed by atoms with Crippen molar-refractivity contribution in [1.82, 2.24) is 0 Å². The van der Waals surface area contributed by atoms with Crippen LogP contribution in [0.3, 0.4) is 0 Å². The highest BCUT2D eigenvalue weighted by Gasteiger charge is 2.25. The van der Waals surface area contributed by atoms with Crippen molar-refractivity contribution in [3.05, 3.63) is 60.7 Å². The molecule has 2 atom stereocenters. The smallest absolute Gasteiger partial charge is 0.0855 e. The molecule has 2 unspecified atom stereocenters. The quantitative estimate of drug-likeness (QED) is 0.587. The van der Waals surface area contributed by atoms with Crippen molar-refractivity contribution in [3.8, 4) is 0 Å². The van der Waals surface area contributed by atoms with Gasteiger partial charge in [0, 0.05) is 13.0 Å². The second-order valence-corrected chi connectivity index (χ2v) is 5.52. The number of benzene rings is 2. The summed E-state index contributed by atoms with van der Waals surface area (Å²) >= 11 is 0. The molecule has 110 valence electrons. The first-order valence-corrected chi connectivity index (χ1v) is 7.70. The highest BCUT2D eigenvalue weighted by Crippen LogP contribution is 2.33. The molecule has 1 aliphatic heterocycles. The SMILES string of the molecule is C=CCCOC1CCOC(c2cccc3ccccc23)C1. The van der Waals surface area contributed by atoms with E-state index in [1.54, 1.807) is 0 Å². The molecule has 2 nitrogen and oxygen atoms in total. The van der Waals surface area contributed by atoms with Gasteiger partial charge in [-0.25, -0.2) is 0 Å². The van der Waals surface area contributed by atoms with Gasteiger partial charge in [-0.1, -0.05) is 48.5 Å². The van der Waals surface area contributed by atoms with Crippen LogP contribution in [0.1, 0.15) is 30.9 Å². The summed E-state index contributed by atoms with van der Waals surface area (Å²) in [5, 5.41) is 2.56. The fourth-order valence-electron chi connectivity index (χ4n) is 2.98. The number of hydrogen-bond acceptors (Lipinski definition) is 2. The fraction of sp³-hybridized carbons (Fsp3) is 0.368. The first-order chi connectivity index (χ1) is 10.4. The van der Waals surface area contributed by atoms with E-state index in [4.69, 9.17) is 9.47 Å². The Morgan fingerprint density at radius 3 is 2.95 bits per heavy atom. The molecule has 0 bridgehead atoms. The van der Waals surface area contributed by atoms with Gasteiger partial charge in [-0.05, 0) is 29.2 Å². The van der Waals surface area contributed by atoms with E-state index in [9.17, 15) is 0 Å². The summed E-state index contributed by atoms with van der Waals surface area (Å²) in [4.78, 5) is 0. The maximum Gasteiger partial charge on any atom is 0.0855 e. The monoisotopic (exact) mass is 282 g/mol.